The van der Waals surface area contributed by atoms with Gasteiger partial charge < -0.3 is 14.2 Å². The maximum atomic E-state index is 12.8. The SMILES string of the molecule is CC/C=C\C/C=C\C/C=C\C/C=C\C/C=C\C/C=C\C/C=C\C/C=C\C/C=C\CCCC(=O)OCC(COC(=O)CCCCCCCCCCC)OC(=O)CCCCCCC/C=C\CCCCCCC. The summed E-state index contributed by atoms with van der Waals surface area (Å²) in [7, 11) is 0. The van der Waals surface area contributed by atoms with E-state index in [-0.39, 0.29) is 37.5 Å². The molecule has 0 aromatic heterocycles. The zero-order chi connectivity index (χ0) is 50.7. The molecular formula is C64H104O6. The van der Waals surface area contributed by atoms with Crippen LogP contribution in [0, 0.1) is 0 Å². The van der Waals surface area contributed by atoms with Crippen molar-refractivity contribution in [2.24, 2.45) is 0 Å². The van der Waals surface area contributed by atoms with Gasteiger partial charge in [-0.3, -0.25) is 14.4 Å². The maximum Gasteiger partial charge on any atom is 0.306 e. The van der Waals surface area contributed by atoms with Crippen molar-refractivity contribution >= 4 is 17.9 Å². The largest absolute Gasteiger partial charge is 0.462 e. The Labute approximate surface area is 431 Å². The summed E-state index contributed by atoms with van der Waals surface area (Å²) in [6.07, 6.45) is 79.2. The zero-order valence-corrected chi connectivity index (χ0v) is 45.2. The summed E-state index contributed by atoms with van der Waals surface area (Å²) in [5.74, 6) is -0.978. The monoisotopic (exact) mass is 969 g/mol. The maximum absolute atomic E-state index is 12.8. The first kappa shape index (κ1) is 65.8. The van der Waals surface area contributed by atoms with Crippen molar-refractivity contribution in [1.82, 2.24) is 0 Å². The molecule has 0 aromatic rings. The third kappa shape index (κ3) is 54.7. The number of rotatable bonds is 50. The van der Waals surface area contributed by atoms with Gasteiger partial charge in [0.05, 0.1) is 0 Å². The molecule has 0 aromatic carbocycles. The number of carbonyl (C=O) groups excluding carboxylic acids is 3. The van der Waals surface area contributed by atoms with Crippen LogP contribution in [0.1, 0.15) is 245 Å². The second-order valence-corrected chi connectivity index (χ2v) is 18.5. The van der Waals surface area contributed by atoms with E-state index in [0.29, 0.717) is 19.3 Å². The first-order valence-corrected chi connectivity index (χ1v) is 28.5. The number of carbonyl (C=O) groups is 3. The Kier molecular flexibility index (Phi) is 54.0. The van der Waals surface area contributed by atoms with Crippen LogP contribution >= 0.6 is 0 Å². The lowest BCUT2D eigenvalue weighted by Crippen LogP contribution is -2.30. The van der Waals surface area contributed by atoms with Gasteiger partial charge in [0.1, 0.15) is 13.2 Å². The van der Waals surface area contributed by atoms with Crippen LogP contribution in [0.3, 0.4) is 0 Å². The lowest BCUT2D eigenvalue weighted by Gasteiger charge is -2.18. The molecule has 0 bridgehead atoms. The molecule has 0 aliphatic heterocycles. The fourth-order valence-corrected chi connectivity index (χ4v) is 7.44. The van der Waals surface area contributed by atoms with Crippen molar-refractivity contribution in [1.29, 1.82) is 0 Å². The molecule has 0 saturated heterocycles. The van der Waals surface area contributed by atoms with Gasteiger partial charge in [-0.05, 0) is 109 Å². The Morgan fingerprint density at radius 2 is 0.571 bits per heavy atom. The molecule has 396 valence electrons. The van der Waals surface area contributed by atoms with Crippen LogP contribution in [0.4, 0.5) is 0 Å². The lowest BCUT2D eigenvalue weighted by molar-refractivity contribution is -0.167. The van der Waals surface area contributed by atoms with Crippen molar-refractivity contribution in [3.8, 4) is 0 Å². The van der Waals surface area contributed by atoms with Gasteiger partial charge >= 0.3 is 17.9 Å². The van der Waals surface area contributed by atoms with Crippen LogP contribution in [-0.4, -0.2) is 37.2 Å². The fraction of sp³-hybridized carbons (Fsp3) is 0.641. The number of ether oxygens (including phenoxy) is 3. The standard InChI is InChI=1S/C64H104O6/c1-4-7-10-13-16-19-21-23-25-26-27-28-29-30-31-32-33-34-35-36-37-38-39-41-42-45-48-51-54-57-63(66)69-60-61(59-68-62(65)56-53-50-47-44-18-15-12-9-6-3)70-64(67)58-55-52-49-46-43-40-24-22-20-17-14-11-8-5-2/h7,10,16,19,22-25,27-28,30-31,33-34,36-37,39,41,45,48,61H,4-6,8-9,11-15,17-18,20-21,26,29,32,35,38,40,42-44,46-47,49-60H2,1-3H3/b10-7-,19-16-,24-22-,25-23-,28-27-,31-30-,34-33-,37-36-,41-39-,48-45-. The molecule has 0 rings (SSSR count). The number of hydrogen-bond donors (Lipinski definition) is 0. The van der Waals surface area contributed by atoms with E-state index >= 15 is 0 Å². The Morgan fingerprint density at radius 1 is 0.300 bits per heavy atom. The van der Waals surface area contributed by atoms with Crippen LogP contribution in [0.25, 0.3) is 0 Å². The molecule has 1 unspecified atom stereocenters. The molecule has 0 saturated carbocycles. The summed E-state index contributed by atoms with van der Waals surface area (Å²) < 4.78 is 16.7. The first-order chi connectivity index (χ1) is 34.5. The third-order valence-corrected chi connectivity index (χ3v) is 11.7. The Morgan fingerprint density at radius 3 is 0.943 bits per heavy atom. The van der Waals surface area contributed by atoms with Gasteiger partial charge in [0.25, 0.3) is 0 Å². The highest BCUT2D eigenvalue weighted by Gasteiger charge is 2.19. The minimum Gasteiger partial charge on any atom is -0.462 e. The summed E-state index contributed by atoms with van der Waals surface area (Å²) in [5.41, 5.74) is 0. The predicted octanol–water partition coefficient (Wildman–Crippen LogP) is 19.3. The average molecular weight is 970 g/mol. The van der Waals surface area contributed by atoms with Crippen LogP contribution in [-0.2, 0) is 28.6 Å². The van der Waals surface area contributed by atoms with Gasteiger partial charge in [-0.1, -0.05) is 239 Å². The normalized spacial score (nSPS) is 13.0. The highest BCUT2D eigenvalue weighted by molar-refractivity contribution is 5.71. The van der Waals surface area contributed by atoms with Gasteiger partial charge in [-0.25, -0.2) is 0 Å². The molecule has 0 amide bonds. The molecule has 0 spiro atoms. The van der Waals surface area contributed by atoms with Gasteiger partial charge in [-0.15, -0.1) is 0 Å². The number of unbranched alkanes of at least 4 members (excludes halogenated alkanes) is 19. The van der Waals surface area contributed by atoms with Crippen molar-refractivity contribution in [2.45, 2.75) is 252 Å². The van der Waals surface area contributed by atoms with Crippen molar-refractivity contribution < 1.29 is 28.6 Å². The van der Waals surface area contributed by atoms with E-state index in [2.05, 4.69) is 142 Å². The molecule has 0 aliphatic rings. The van der Waals surface area contributed by atoms with E-state index in [9.17, 15) is 14.4 Å². The van der Waals surface area contributed by atoms with E-state index in [0.717, 1.165) is 116 Å². The minimum atomic E-state index is -0.805. The molecule has 0 radical (unpaired) electrons. The van der Waals surface area contributed by atoms with Gasteiger partial charge in [-0.2, -0.15) is 0 Å². The minimum absolute atomic E-state index is 0.100. The second-order valence-electron chi connectivity index (χ2n) is 18.5. The predicted molar refractivity (Wildman–Crippen MR) is 302 cm³/mol. The summed E-state index contributed by atoms with van der Waals surface area (Å²) in [5, 5.41) is 0. The first-order valence-electron chi connectivity index (χ1n) is 28.5. The number of allylic oxidation sites excluding steroid dienone is 20. The van der Waals surface area contributed by atoms with Crippen LogP contribution < -0.4 is 0 Å². The molecular weight excluding hydrogens is 865 g/mol. The summed E-state index contributed by atoms with van der Waals surface area (Å²) >= 11 is 0. The Hall–Kier alpha value is -4.19. The topological polar surface area (TPSA) is 78.9 Å². The molecule has 0 fully saturated rings. The van der Waals surface area contributed by atoms with Crippen molar-refractivity contribution in [2.75, 3.05) is 13.2 Å². The smallest absolute Gasteiger partial charge is 0.306 e. The van der Waals surface area contributed by atoms with E-state index < -0.39 is 6.10 Å². The molecule has 1 atom stereocenters. The average Bonchev–Trinajstić information content (AvgIpc) is 3.36. The highest BCUT2D eigenvalue weighted by atomic mass is 16.6. The third-order valence-electron chi connectivity index (χ3n) is 11.7. The summed E-state index contributed by atoms with van der Waals surface area (Å²) in [6.45, 7) is 6.43. The van der Waals surface area contributed by atoms with E-state index in [1.807, 2.05) is 0 Å². The van der Waals surface area contributed by atoms with Crippen molar-refractivity contribution in [3.05, 3.63) is 122 Å². The van der Waals surface area contributed by atoms with Crippen LogP contribution in [0.5, 0.6) is 0 Å². The number of hydrogen-bond acceptors (Lipinski definition) is 6. The van der Waals surface area contributed by atoms with E-state index in [1.54, 1.807) is 0 Å². The van der Waals surface area contributed by atoms with Crippen molar-refractivity contribution in [3.63, 3.8) is 0 Å². The van der Waals surface area contributed by atoms with Gasteiger partial charge in [0.15, 0.2) is 6.10 Å². The molecule has 0 aliphatic carbocycles. The van der Waals surface area contributed by atoms with E-state index in [4.69, 9.17) is 14.2 Å². The zero-order valence-electron chi connectivity index (χ0n) is 45.2. The number of esters is 3. The summed E-state index contributed by atoms with van der Waals surface area (Å²) in [6, 6.07) is 0. The quantitative estimate of drug-likeness (QED) is 0.0262. The van der Waals surface area contributed by atoms with Crippen LogP contribution in [0.15, 0.2) is 122 Å². The van der Waals surface area contributed by atoms with Gasteiger partial charge in [0, 0.05) is 19.3 Å². The fourth-order valence-electron chi connectivity index (χ4n) is 7.44. The van der Waals surface area contributed by atoms with Gasteiger partial charge in [0.2, 0.25) is 0 Å². The van der Waals surface area contributed by atoms with Crippen LogP contribution in [0.2, 0.25) is 0 Å². The Bertz CT molecular complexity index is 1490. The Balaban J connectivity index is 4.36. The second kappa shape index (κ2) is 57.4. The molecule has 70 heavy (non-hydrogen) atoms. The molecule has 0 heterocycles. The van der Waals surface area contributed by atoms with E-state index in [1.165, 1.54) is 83.5 Å². The molecule has 6 heteroatoms. The lowest BCUT2D eigenvalue weighted by atomic mass is 10.1. The highest BCUT2D eigenvalue weighted by Crippen LogP contribution is 2.13. The molecule has 0 N–H and O–H groups in total. The summed E-state index contributed by atoms with van der Waals surface area (Å²) in [4.78, 5) is 38.0. The molecule has 6 nitrogen and oxygen atoms in total.